The van der Waals surface area contributed by atoms with Crippen LogP contribution in [0.25, 0.3) is 0 Å². The van der Waals surface area contributed by atoms with Gasteiger partial charge in [-0.15, -0.1) is 0 Å². The van der Waals surface area contributed by atoms with E-state index in [0.717, 1.165) is 9.26 Å². The molecule has 0 amide bonds. The van der Waals surface area contributed by atoms with Crippen molar-refractivity contribution in [2.75, 3.05) is 0 Å². The monoisotopic (exact) mass is 267 g/mol. The summed E-state index contributed by atoms with van der Waals surface area (Å²) in [7, 11) is 0. The SMILES string of the molecule is CC(C)(C)c1c(F)c[nH]c1I. The predicted molar refractivity (Wildman–Crippen MR) is 52.2 cm³/mol. The molecule has 1 aromatic rings. The van der Waals surface area contributed by atoms with Crippen LogP contribution in [0, 0.1) is 9.52 Å². The molecule has 0 saturated heterocycles. The van der Waals surface area contributed by atoms with Gasteiger partial charge in [0.2, 0.25) is 0 Å². The van der Waals surface area contributed by atoms with E-state index < -0.39 is 0 Å². The molecule has 0 spiro atoms. The summed E-state index contributed by atoms with van der Waals surface area (Å²) >= 11 is 2.11. The van der Waals surface area contributed by atoms with E-state index in [0.29, 0.717) is 0 Å². The number of aromatic amines is 1. The first-order valence-electron chi connectivity index (χ1n) is 3.46. The van der Waals surface area contributed by atoms with Crippen LogP contribution in [0.5, 0.6) is 0 Å². The maximum Gasteiger partial charge on any atom is 0.145 e. The van der Waals surface area contributed by atoms with Crippen molar-refractivity contribution < 1.29 is 4.39 Å². The van der Waals surface area contributed by atoms with Crippen molar-refractivity contribution in [3.8, 4) is 0 Å². The molecule has 0 aliphatic heterocycles. The van der Waals surface area contributed by atoms with Crippen molar-refractivity contribution in [1.29, 1.82) is 0 Å². The fourth-order valence-electron chi connectivity index (χ4n) is 1.06. The number of aromatic nitrogens is 1. The fourth-order valence-corrected chi connectivity index (χ4v) is 2.29. The molecule has 62 valence electrons. The summed E-state index contributed by atoms with van der Waals surface area (Å²) in [4.78, 5) is 2.86. The Morgan fingerprint density at radius 2 is 2.00 bits per heavy atom. The van der Waals surface area contributed by atoms with Gasteiger partial charge in [0.25, 0.3) is 0 Å². The molecule has 0 aliphatic rings. The van der Waals surface area contributed by atoms with E-state index in [1.807, 2.05) is 20.8 Å². The van der Waals surface area contributed by atoms with Crippen molar-refractivity contribution in [1.82, 2.24) is 4.98 Å². The molecule has 0 saturated carbocycles. The molecule has 0 bridgehead atoms. The zero-order valence-corrected chi connectivity index (χ0v) is 8.99. The Labute approximate surface area is 79.5 Å². The van der Waals surface area contributed by atoms with E-state index in [1.54, 1.807) is 0 Å². The number of nitrogens with one attached hydrogen (secondary N) is 1. The van der Waals surface area contributed by atoms with Crippen molar-refractivity contribution in [3.63, 3.8) is 0 Å². The predicted octanol–water partition coefficient (Wildman–Crippen LogP) is 3.06. The van der Waals surface area contributed by atoms with Gasteiger partial charge in [-0.05, 0) is 28.0 Å². The van der Waals surface area contributed by atoms with Crippen LogP contribution in [0.2, 0.25) is 0 Å². The minimum absolute atomic E-state index is 0.111. The third kappa shape index (κ3) is 1.75. The van der Waals surface area contributed by atoms with Gasteiger partial charge in [0.1, 0.15) is 5.82 Å². The van der Waals surface area contributed by atoms with Crippen molar-refractivity contribution in [2.45, 2.75) is 26.2 Å². The van der Waals surface area contributed by atoms with E-state index in [4.69, 9.17) is 0 Å². The van der Waals surface area contributed by atoms with Gasteiger partial charge in [0.15, 0.2) is 0 Å². The summed E-state index contributed by atoms with van der Waals surface area (Å²) < 4.78 is 14.0. The normalized spacial score (nSPS) is 12.1. The summed E-state index contributed by atoms with van der Waals surface area (Å²) in [6.07, 6.45) is 1.41. The van der Waals surface area contributed by atoms with Crippen LogP contribution in [0.1, 0.15) is 26.3 Å². The highest BCUT2D eigenvalue weighted by Gasteiger charge is 2.22. The highest BCUT2D eigenvalue weighted by molar-refractivity contribution is 14.1. The molecule has 0 aromatic carbocycles. The number of hydrogen-bond acceptors (Lipinski definition) is 0. The van der Waals surface area contributed by atoms with Gasteiger partial charge in [-0.25, -0.2) is 4.39 Å². The van der Waals surface area contributed by atoms with Gasteiger partial charge < -0.3 is 4.98 Å². The zero-order chi connectivity index (χ0) is 8.65. The summed E-state index contributed by atoms with van der Waals surface area (Å²) in [6, 6.07) is 0. The van der Waals surface area contributed by atoms with Crippen LogP contribution in [0.15, 0.2) is 6.20 Å². The number of hydrogen-bond donors (Lipinski definition) is 1. The minimum atomic E-state index is -0.137. The molecule has 1 rings (SSSR count). The third-order valence-corrected chi connectivity index (χ3v) is 2.38. The zero-order valence-electron chi connectivity index (χ0n) is 6.83. The summed E-state index contributed by atoms with van der Waals surface area (Å²) in [5, 5.41) is 0. The molecule has 0 aliphatic carbocycles. The highest BCUT2D eigenvalue weighted by Crippen LogP contribution is 2.28. The summed E-state index contributed by atoms with van der Waals surface area (Å²) in [6.45, 7) is 6.00. The molecule has 1 heterocycles. The van der Waals surface area contributed by atoms with Gasteiger partial charge in [0, 0.05) is 11.8 Å². The van der Waals surface area contributed by atoms with Crippen LogP contribution < -0.4 is 0 Å². The van der Waals surface area contributed by atoms with E-state index in [-0.39, 0.29) is 11.2 Å². The van der Waals surface area contributed by atoms with Gasteiger partial charge in [-0.1, -0.05) is 20.8 Å². The molecule has 0 radical (unpaired) electrons. The van der Waals surface area contributed by atoms with E-state index in [2.05, 4.69) is 27.6 Å². The quantitative estimate of drug-likeness (QED) is 0.695. The molecule has 1 N–H and O–H groups in total. The highest BCUT2D eigenvalue weighted by atomic mass is 127. The smallest absolute Gasteiger partial charge is 0.145 e. The maximum atomic E-state index is 13.1. The van der Waals surface area contributed by atoms with Crippen LogP contribution in [0.4, 0.5) is 4.39 Å². The van der Waals surface area contributed by atoms with Gasteiger partial charge in [-0.2, -0.15) is 0 Å². The molecular weight excluding hydrogens is 256 g/mol. The molecule has 1 aromatic heterocycles. The van der Waals surface area contributed by atoms with Gasteiger partial charge >= 0.3 is 0 Å². The number of H-pyrrole nitrogens is 1. The lowest BCUT2D eigenvalue weighted by Gasteiger charge is -2.17. The van der Waals surface area contributed by atoms with E-state index in [1.165, 1.54) is 6.20 Å². The van der Waals surface area contributed by atoms with E-state index >= 15 is 0 Å². The molecule has 3 heteroatoms. The first kappa shape index (κ1) is 9.03. The Morgan fingerprint density at radius 1 is 1.45 bits per heavy atom. The summed E-state index contributed by atoms with van der Waals surface area (Å²) in [5.41, 5.74) is 0.666. The lowest BCUT2D eigenvalue weighted by molar-refractivity contribution is 0.526. The Hall–Kier alpha value is -0.0600. The molecular formula is C8H11FIN. The molecule has 0 fully saturated rings. The molecule has 0 unspecified atom stereocenters. The largest absolute Gasteiger partial charge is 0.354 e. The molecule has 1 nitrogen and oxygen atoms in total. The Bertz CT molecular complexity index is 240. The van der Waals surface area contributed by atoms with Gasteiger partial charge in [-0.3, -0.25) is 0 Å². The average molecular weight is 267 g/mol. The standard InChI is InChI=1S/C8H11FIN/c1-8(2,3)6-5(9)4-11-7(6)10/h4,11H,1-3H3. The average Bonchev–Trinajstić information content (AvgIpc) is 2.08. The first-order chi connectivity index (χ1) is 4.93. The van der Waals surface area contributed by atoms with Crippen molar-refractivity contribution in [2.24, 2.45) is 0 Å². The van der Waals surface area contributed by atoms with Gasteiger partial charge in [0.05, 0.1) is 3.70 Å². The lowest BCUT2D eigenvalue weighted by atomic mass is 9.89. The topological polar surface area (TPSA) is 15.8 Å². The van der Waals surface area contributed by atoms with Crippen LogP contribution in [0.3, 0.4) is 0 Å². The van der Waals surface area contributed by atoms with Crippen LogP contribution >= 0.6 is 22.6 Å². The summed E-state index contributed by atoms with van der Waals surface area (Å²) in [5.74, 6) is -0.137. The second kappa shape index (κ2) is 2.77. The van der Waals surface area contributed by atoms with Crippen LogP contribution in [-0.4, -0.2) is 4.98 Å². The Morgan fingerprint density at radius 3 is 2.18 bits per heavy atom. The van der Waals surface area contributed by atoms with Crippen molar-refractivity contribution >= 4 is 22.6 Å². The lowest BCUT2D eigenvalue weighted by Crippen LogP contribution is -2.13. The minimum Gasteiger partial charge on any atom is -0.354 e. The maximum absolute atomic E-state index is 13.1. The van der Waals surface area contributed by atoms with E-state index in [9.17, 15) is 4.39 Å². The Kier molecular flexibility index (Phi) is 2.27. The number of rotatable bonds is 0. The number of halogens is 2. The second-order valence-electron chi connectivity index (χ2n) is 3.58. The fraction of sp³-hybridized carbons (Fsp3) is 0.500. The third-order valence-electron chi connectivity index (χ3n) is 1.53. The Balaban J connectivity index is 3.21. The first-order valence-corrected chi connectivity index (χ1v) is 4.53. The van der Waals surface area contributed by atoms with Crippen LogP contribution in [-0.2, 0) is 5.41 Å². The molecule has 0 atom stereocenters. The second-order valence-corrected chi connectivity index (χ2v) is 4.65. The van der Waals surface area contributed by atoms with Crippen molar-refractivity contribution in [3.05, 3.63) is 21.3 Å². The molecule has 11 heavy (non-hydrogen) atoms.